The summed E-state index contributed by atoms with van der Waals surface area (Å²) in [6.45, 7) is 3.25. The van der Waals surface area contributed by atoms with Gasteiger partial charge in [-0.1, -0.05) is 0 Å². The molecule has 1 aromatic heterocycles. The highest BCUT2D eigenvalue weighted by molar-refractivity contribution is 5.94. The van der Waals surface area contributed by atoms with E-state index >= 15 is 0 Å². The molecule has 0 bridgehead atoms. The topological polar surface area (TPSA) is 68.6 Å². The highest BCUT2D eigenvalue weighted by Gasteiger charge is 2.21. The van der Waals surface area contributed by atoms with Crippen molar-refractivity contribution in [3.8, 4) is 11.5 Å². The lowest BCUT2D eigenvalue weighted by Gasteiger charge is -2.31. The number of likely N-dealkylation sites (tertiary alicyclic amines) is 1. The van der Waals surface area contributed by atoms with E-state index in [-0.39, 0.29) is 5.91 Å². The van der Waals surface area contributed by atoms with Gasteiger partial charge in [-0.3, -0.25) is 9.69 Å². The SMILES string of the molecule is COc1ccc(OC)c(NC(=O)CN2CCC(Cn3ccnc3)CC2)c1. The zero-order valence-corrected chi connectivity index (χ0v) is 15.4. The van der Waals surface area contributed by atoms with Crippen molar-refractivity contribution < 1.29 is 14.3 Å². The average Bonchev–Trinajstić information content (AvgIpc) is 3.16. The van der Waals surface area contributed by atoms with Gasteiger partial charge in [0.15, 0.2) is 0 Å². The van der Waals surface area contributed by atoms with Crippen LogP contribution in [0.4, 0.5) is 5.69 Å². The number of ether oxygens (including phenoxy) is 2. The molecule has 140 valence electrons. The standard InChI is InChI=1S/C19H26N4O3/c1-25-16-3-4-18(26-2)17(11-16)21-19(24)13-22-8-5-15(6-9-22)12-23-10-7-20-14-23/h3-4,7,10-11,14-15H,5-6,8-9,12-13H2,1-2H3,(H,21,24). The smallest absolute Gasteiger partial charge is 0.238 e. The molecule has 7 nitrogen and oxygen atoms in total. The monoisotopic (exact) mass is 358 g/mol. The molecule has 26 heavy (non-hydrogen) atoms. The number of carbonyl (C=O) groups excluding carboxylic acids is 1. The van der Waals surface area contributed by atoms with E-state index in [0.717, 1.165) is 32.5 Å². The van der Waals surface area contributed by atoms with Gasteiger partial charge in [-0.2, -0.15) is 0 Å². The lowest BCUT2D eigenvalue weighted by Crippen LogP contribution is -2.39. The number of amides is 1. The maximum atomic E-state index is 12.4. The summed E-state index contributed by atoms with van der Waals surface area (Å²) >= 11 is 0. The Morgan fingerprint density at radius 3 is 2.73 bits per heavy atom. The Hall–Kier alpha value is -2.54. The maximum Gasteiger partial charge on any atom is 0.238 e. The number of hydrogen-bond acceptors (Lipinski definition) is 5. The molecule has 7 heteroatoms. The summed E-state index contributed by atoms with van der Waals surface area (Å²) in [5, 5.41) is 2.93. The number of piperidine rings is 1. The first-order valence-electron chi connectivity index (χ1n) is 8.88. The van der Waals surface area contributed by atoms with Crippen LogP contribution in [0, 0.1) is 5.92 Å². The van der Waals surface area contributed by atoms with Crippen molar-refractivity contribution in [2.45, 2.75) is 19.4 Å². The number of hydrogen-bond donors (Lipinski definition) is 1. The van der Waals surface area contributed by atoms with Crippen LogP contribution in [0.25, 0.3) is 0 Å². The van der Waals surface area contributed by atoms with Crippen molar-refractivity contribution in [2.24, 2.45) is 5.92 Å². The first-order valence-corrected chi connectivity index (χ1v) is 8.88. The second kappa shape index (κ2) is 8.71. The minimum atomic E-state index is -0.0374. The summed E-state index contributed by atoms with van der Waals surface area (Å²) in [6, 6.07) is 5.36. The van der Waals surface area contributed by atoms with Gasteiger partial charge in [0.1, 0.15) is 11.5 Å². The minimum absolute atomic E-state index is 0.0374. The van der Waals surface area contributed by atoms with E-state index < -0.39 is 0 Å². The van der Waals surface area contributed by atoms with Gasteiger partial charge in [0, 0.05) is 25.0 Å². The molecule has 1 aromatic carbocycles. The summed E-state index contributed by atoms with van der Waals surface area (Å²) in [7, 11) is 3.18. The molecule has 1 aliphatic rings. The zero-order valence-electron chi connectivity index (χ0n) is 15.4. The summed E-state index contributed by atoms with van der Waals surface area (Å²) < 4.78 is 12.7. The molecule has 2 aromatic rings. The molecule has 1 saturated heterocycles. The van der Waals surface area contributed by atoms with Crippen LogP contribution in [-0.2, 0) is 11.3 Å². The maximum absolute atomic E-state index is 12.4. The Kier molecular flexibility index (Phi) is 6.12. The lowest BCUT2D eigenvalue weighted by atomic mass is 9.97. The van der Waals surface area contributed by atoms with Gasteiger partial charge in [0.25, 0.3) is 0 Å². The number of carbonyl (C=O) groups is 1. The molecular weight excluding hydrogens is 332 g/mol. The summed E-state index contributed by atoms with van der Waals surface area (Å²) in [4.78, 5) is 18.7. The highest BCUT2D eigenvalue weighted by Crippen LogP contribution is 2.29. The van der Waals surface area contributed by atoms with Crippen molar-refractivity contribution in [3.63, 3.8) is 0 Å². The number of methoxy groups -OCH3 is 2. The fraction of sp³-hybridized carbons (Fsp3) is 0.474. The van der Waals surface area contributed by atoms with Gasteiger partial charge in [-0.15, -0.1) is 0 Å². The molecule has 0 radical (unpaired) electrons. The van der Waals surface area contributed by atoms with Crippen LogP contribution < -0.4 is 14.8 Å². The van der Waals surface area contributed by atoms with Gasteiger partial charge in [0.05, 0.1) is 32.8 Å². The fourth-order valence-corrected chi connectivity index (χ4v) is 3.32. The Morgan fingerprint density at radius 2 is 2.08 bits per heavy atom. The van der Waals surface area contributed by atoms with Crippen molar-refractivity contribution >= 4 is 11.6 Å². The van der Waals surface area contributed by atoms with Crippen LogP contribution in [0.2, 0.25) is 0 Å². The molecule has 0 atom stereocenters. The van der Waals surface area contributed by atoms with E-state index in [0.29, 0.717) is 29.6 Å². The van der Waals surface area contributed by atoms with E-state index in [4.69, 9.17) is 9.47 Å². The van der Waals surface area contributed by atoms with Crippen LogP contribution in [-0.4, -0.2) is 54.2 Å². The number of aromatic nitrogens is 2. The van der Waals surface area contributed by atoms with Crippen molar-refractivity contribution in [1.82, 2.24) is 14.5 Å². The van der Waals surface area contributed by atoms with Crippen LogP contribution in [0.1, 0.15) is 12.8 Å². The molecule has 1 aliphatic heterocycles. The van der Waals surface area contributed by atoms with Crippen molar-refractivity contribution in [3.05, 3.63) is 36.9 Å². The molecule has 0 unspecified atom stereocenters. The number of anilines is 1. The van der Waals surface area contributed by atoms with Gasteiger partial charge in [0.2, 0.25) is 5.91 Å². The third-order valence-electron chi connectivity index (χ3n) is 4.78. The van der Waals surface area contributed by atoms with Gasteiger partial charge in [-0.25, -0.2) is 4.98 Å². The van der Waals surface area contributed by atoms with Crippen LogP contribution in [0.15, 0.2) is 36.9 Å². The lowest BCUT2D eigenvalue weighted by molar-refractivity contribution is -0.117. The normalized spacial score (nSPS) is 15.6. The molecule has 0 spiro atoms. The fourth-order valence-electron chi connectivity index (χ4n) is 3.32. The molecule has 1 amide bonds. The van der Waals surface area contributed by atoms with Crippen molar-refractivity contribution in [2.75, 3.05) is 39.2 Å². The van der Waals surface area contributed by atoms with Crippen LogP contribution >= 0.6 is 0 Å². The number of rotatable bonds is 7. The number of nitrogens with one attached hydrogen (secondary N) is 1. The second-order valence-electron chi connectivity index (χ2n) is 6.59. The molecule has 1 fully saturated rings. The second-order valence-corrected chi connectivity index (χ2v) is 6.59. The van der Waals surface area contributed by atoms with Gasteiger partial charge in [-0.05, 0) is 44.0 Å². The first-order chi connectivity index (χ1) is 12.7. The van der Waals surface area contributed by atoms with E-state index in [9.17, 15) is 4.79 Å². The molecule has 3 rings (SSSR count). The summed E-state index contributed by atoms with van der Waals surface area (Å²) in [5.41, 5.74) is 0.631. The van der Waals surface area contributed by atoms with Crippen LogP contribution in [0.3, 0.4) is 0 Å². The van der Waals surface area contributed by atoms with Gasteiger partial charge < -0.3 is 19.4 Å². The number of benzene rings is 1. The molecule has 0 aliphatic carbocycles. The van der Waals surface area contributed by atoms with Gasteiger partial charge >= 0.3 is 0 Å². The third kappa shape index (κ3) is 4.76. The molecular formula is C19H26N4O3. The Balaban J connectivity index is 1.48. The molecule has 0 saturated carbocycles. The Labute approximate surface area is 153 Å². The minimum Gasteiger partial charge on any atom is -0.497 e. The highest BCUT2D eigenvalue weighted by atomic mass is 16.5. The predicted molar refractivity (Wildman–Crippen MR) is 99.6 cm³/mol. The van der Waals surface area contributed by atoms with E-state index in [2.05, 4.69) is 19.8 Å². The Bertz CT molecular complexity index is 710. The third-order valence-corrected chi connectivity index (χ3v) is 4.78. The number of imidazole rings is 1. The first kappa shape index (κ1) is 18.3. The predicted octanol–water partition coefficient (Wildman–Crippen LogP) is 2.25. The zero-order chi connectivity index (χ0) is 18.4. The van der Waals surface area contributed by atoms with E-state index in [1.807, 2.05) is 18.7 Å². The van der Waals surface area contributed by atoms with E-state index in [1.54, 1.807) is 32.4 Å². The molecule has 2 heterocycles. The number of nitrogens with zero attached hydrogens (tertiary/aromatic N) is 3. The Morgan fingerprint density at radius 1 is 1.27 bits per heavy atom. The quantitative estimate of drug-likeness (QED) is 0.822. The van der Waals surface area contributed by atoms with Crippen LogP contribution in [0.5, 0.6) is 11.5 Å². The van der Waals surface area contributed by atoms with Crippen molar-refractivity contribution in [1.29, 1.82) is 0 Å². The largest absolute Gasteiger partial charge is 0.497 e. The summed E-state index contributed by atoms with van der Waals surface area (Å²) in [5.74, 6) is 1.91. The summed E-state index contributed by atoms with van der Waals surface area (Å²) in [6.07, 6.45) is 7.86. The van der Waals surface area contributed by atoms with E-state index in [1.165, 1.54) is 0 Å². The molecule has 1 N–H and O–H groups in total. The average molecular weight is 358 g/mol.